The summed E-state index contributed by atoms with van der Waals surface area (Å²) in [7, 11) is 0. The Morgan fingerprint density at radius 3 is 2.81 bits per heavy atom. The summed E-state index contributed by atoms with van der Waals surface area (Å²) in [5.74, 6) is 0. The fourth-order valence-corrected chi connectivity index (χ4v) is 1.30. The fraction of sp³-hybridized carbons (Fsp3) is 0.300. The van der Waals surface area contributed by atoms with Crippen molar-refractivity contribution in [3.05, 3.63) is 36.7 Å². The lowest BCUT2D eigenvalue weighted by Gasteiger charge is -2.09. The van der Waals surface area contributed by atoms with Crippen LogP contribution in [0.5, 0.6) is 0 Å². The molecule has 0 aliphatic heterocycles. The van der Waals surface area contributed by atoms with Crippen LogP contribution in [0.3, 0.4) is 0 Å². The monoisotopic (exact) mass is 221 g/mol. The molecule has 6 heteroatoms. The van der Waals surface area contributed by atoms with Gasteiger partial charge < -0.3 is 5.32 Å². The molecule has 1 atom stereocenters. The van der Waals surface area contributed by atoms with E-state index in [9.17, 15) is 4.39 Å². The standard InChI is InChI=1S/C10H12FN5/c11-9(7-16-14-8-13-15-16)6-12-10-4-2-1-3-5-10/h1-5,8-9,12H,6-7H2. The predicted molar refractivity (Wildman–Crippen MR) is 57.6 cm³/mol. The van der Waals surface area contributed by atoms with Gasteiger partial charge in [-0.25, -0.2) is 4.39 Å². The lowest BCUT2D eigenvalue weighted by atomic mass is 10.3. The van der Waals surface area contributed by atoms with Crippen LogP contribution in [-0.2, 0) is 6.54 Å². The molecule has 0 saturated carbocycles. The van der Waals surface area contributed by atoms with Gasteiger partial charge >= 0.3 is 0 Å². The molecule has 0 aliphatic carbocycles. The molecular formula is C10H12FN5. The van der Waals surface area contributed by atoms with Crippen molar-refractivity contribution in [2.75, 3.05) is 11.9 Å². The van der Waals surface area contributed by atoms with Crippen LogP contribution < -0.4 is 5.32 Å². The van der Waals surface area contributed by atoms with Gasteiger partial charge in [0.15, 0.2) is 6.33 Å². The van der Waals surface area contributed by atoms with E-state index in [4.69, 9.17) is 0 Å². The number of nitrogens with one attached hydrogen (secondary N) is 1. The number of benzene rings is 1. The number of anilines is 1. The van der Waals surface area contributed by atoms with Gasteiger partial charge in [0.1, 0.15) is 6.17 Å². The van der Waals surface area contributed by atoms with Gasteiger partial charge in [0, 0.05) is 12.2 Å². The first kappa shape index (κ1) is 10.5. The maximum Gasteiger partial charge on any atom is 0.162 e. The van der Waals surface area contributed by atoms with E-state index in [-0.39, 0.29) is 13.1 Å². The number of hydrogen-bond donors (Lipinski definition) is 1. The first-order valence-corrected chi connectivity index (χ1v) is 4.98. The molecule has 84 valence electrons. The van der Waals surface area contributed by atoms with Crippen molar-refractivity contribution >= 4 is 5.69 Å². The van der Waals surface area contributed by atoms with Crippen LogP contribution in [0.2, 0.25) is 0 Å². The lowest BCUT2D eigenvalue weighted by molar-refractivity contribution is 0.283. The summed E-state index contributed by atoms with van der Waals surface area (Å²) in [5, 5.41) is 13.8. The van der Waals surface area contributed by atoms with E-state index in [1.807, 2.05) is 30.3 Å². The number of rotatable bonds is 5. The Morgan fingerprint density at radius 2 is 2.12 bits per heavy atom. The van der Waals surface area contributed by atoms with Gasteiger partial charge in [0.2, 0.25) is 0 Å². The van der Waals surface area contributed by atoms with Crippen LogP contribution in [-0.4, -0.2) is 32.9 Å². The minimum atomic E-state index is -1.05. The number of hydrogen-bond acceptors (Lipinski definition) is 4. The minimum Gasteiger partial charge on any atom is -0.382 e. The van der Waals surface area contributed by atoms with Crippen molar-refractivity contribution in [1.29, 1.82) is 0 Å². The molecule has 1 N–H and O–H groups in total. The molecule has 16 heavy (non-hydrogen) atoms. The van der Waals surface area contributed by atoms with Crippen LogP contribution in [0.1, 0.15) is 0 Å². The topological polar surface area (TPSA) is 55.6 Å². The van der Waals surface area contributed by atoms with E-state index in [2.05, 4.69) is 20.7 Å². The molecule has 0 amide bonds. The third-order valence-electron chi connectivity index (χ3n) is 2.05. The van der Waals surface area contributed by atoms with E-state index in [0.717, 1.165) is 5.69 Å². The third kappa shape index (κ3) is 3.01. The molecule has 1 aromatic heterocycles. The quantitative estimate of drug-likeness (QED) is 0.822. The summed E-state index contributed by atoms with van der Waals surface area (Å²) in [4.78, 5) is 1.23. The molecule has 0 bridgehead atoms. The number of nitrogens with zero attached hydrogens (tertiary/aromatic N) is 4. The molecular weight excluding hydrogens is 209 g/mol. The zero-order valence-electron chi connectivity index (χ0n) is 8.62. The van der Waals surface area contributed by atoms with Crippen molar-refractivity contribution in [3.63, 3.8) is 0 Å². The molecule has 0 spiro atoms. The maximum absolute atomic E-state index is 13.5. The highest BCUT2D eigenvalue weighted by Gasteiger charge is 2.08. The first-order chi connectivity index (χ1) is 7.84. The Hall–Kier alpha value is -1.98. The van der Waals surface area contributed by atoms with Crippen LogP contribution in [0.15, 0.2) is 36.7 Å². The van der Waals surface area contributed by atoms with E-state index < -0.39 is 6.17 Å². The smallest absolute Gasteiger partial charge is 0.162 e. The van der Waals surface area contributed by atoms with Crippen LogP contribution in [0.4, 0.5) is 10.1 Å². The summed E-state index contributed by atoms with van der Waals surface area (Å²) in [6.07, 6.45) is 0.242. The van der Waals surface area contributed by atoms with Crippen LogP contribution in [0, 0.1) is 0 Å². The van der Waals surface area contributed by atoms with E-state index in [0.29, 0.717) is 0 Å². The number of aromatic nitrogens is 4. The highest BCUT2D eigenvalue weighted by Crippen LogP contribution is 2.05. The lowest BCUT2D eigenvalue weighted by Crippen LogP contribution is -2.22. The summed E-state index contributed by atoms with van der Waals surface area (Å²) >= 11 is 0. The highest BCUT2D eigenvalue weighted by molar-refractivity contribution is 5.42. The second kappa shape index (κ2) is 5.20. The Morgan fingerprint density at radius 1 is 1.31 bits per heavy atom. The number of tetrazole rings is 1. The minimum absolute atomic E-state index is 0.111. The number of para-hydroxylation sites is 1. The molecule has 1 heterocycles. The van der Waals surface area contributed by atoms with Gasteiger partial charge in [0.05, 0.1) is 6.54 Å². The highest BCUT2D eigenvalue weighted by atomic mass is 19.1. The molecule has 5 nitrogen and oxygen atoms in total. The molecule has 2 rings (SSSR count). The van der Waals surface area contributed by atoms with Crippen molar-refractivity contribution in [1.82, 2.24) is 20.2 Å². The van der Waals surface area contributed by atoms with Crippen LogP contribution >= 0.6 is 0 Å². The summed E-state index contributed by atoms with van der Waals surface area (Å²) in [6.45, 7) is 0.339. The van der Waals surface area contributed by atoms with Crippen molar-refractivity contribution in [2.24, 2.45) is 0 Å². The summed E-state index contributed by atoms with van der Waals surface area (Å²) in [6, 6.07) is 9.49. The first-order valence-electron chi connectivity index (χ1n) is 4.98. The molecule has 0 aliphatic rings. The van der Waals surface area contributed by atoms with E-state index in [1.165, 1.54) is 11.1 Å². The van der Waals surface area contributed by atoms with Gasteiger partial charge in [-0.3, -0.25) is 0 Å². The maximum atomic E-state index is 13.5. The fourth-order valence-electron chi connectivity index (χ4n) is 1.30. The number of halogens is 1. The molecule has 1 aromatic carbocycles. The largest absolute Gasteiger partial charge is 0.382 e. The van der Waals surface area contributed by atoms with Crippen molar-refractivity contribution in [3.8, 4) is 0 Å². The zero-order valence-corrected chi connectivity index (χ0v) is 8.62. The third-order valence-corrected chi connectivity index (χ3v) is 2.05. The Balaban J connectivity index is 1.78. The normalized spacial score (nSPS) is 12.3. The van der Waals surface area contributed by atoms with Gasteiger partial charge in [-0.1, -0.05) is 18.2 Å². The second-order valence-electron chi connectivity index (χ2n) is 3.33. The van der Waals surface area contributed by atoms with Gasteiger partial charge in [-0.2, -0.15) is 4.80 Å². The van der Waals surface area contributed by atoms with Crippen LogP contribution in [0.25, 0.3) is 0 Å². The van der Waals surface area contributed by atoms with Gasteiger partial charge in [0.25, 0.3) is 0 Å². The van der Waals surface area contributed by atoms with Crippen molar-refractivity contribution in [2.45, 2.75) is 12.7 Å². The predicted octanol–water partition coefficient (Wildman–Crippen LogP) is 1.12. The average molecular weight is 221 g/mol. The van der Waals surface area contributed by atoms with E-state index >= 15 is 0 Å². The zero-order chi connectivity index (χ0) is 11.2. The molecule has 1 unspecified atom stereocenters. The summed E-state index contributed by atoms with van der Waals surface area (Å²) < 4.78 is 13.5. The Bertz CT molecular complexity index is 402. The Labute approximate surface area is 92.3 Å². The summed E-state index contributed by atoms with van der Waals surface area (Å²) in [5.41, 5.74) is 0.900. The molecule has 0 saturated heterocycles. The van der Waals surface area contributed by atoms with Gasteiger partial charge in [-0.15, -0.1) is 10.2 Å². The van der Waals surface area contributed by atoms with Crippen molar-refractivity contribution < 1.29 is 4.39 Å². The average Bonchev–Trinajstić information content (AvgIpc) is 2.81. The number of alkyl halides is 1. The Kier molecular flexibility index (Phi) is 3.42. The van der Waals surface area contributed by atoms with E-state index in [1.54, 1.807) is 0 Å². The second-order valence-corrected chi connectivity index (χ2v) is 3.33. The molecule has 0 fully saturated rings. The molecule has 0 radical (unpaired) electrons. The molecule has 2 aromatic rings. The SMILES string of the molecule is FC(CNc1ccccc1)Cn1ncnn1. The van der Waals surface area contributed by atoms with Gasteiger partial charge in [-0.05, 0) is 17.3 Å².